The Kier molecular flexibility index (Phi) is 4.26. The van der Waals surface area contributed by atoms with E-state index in [-0.39, 0.29) is 24.7 Å². The van der Waals surface area contributed by atoms with Crippen LogP contribution in [0.25, 0.3) is 0 Å². The van der Waals surface area contributed by atoms with Gasteiger partial charge >= 0.3 is 18.9 Å². The fourth-order valence-electron chi connectivity index (χ4n) is 0.872. The van der Waals surface area contributed by atoms with Crippen molar-refractivity contribution >= 4 is 13.3 Å². The molecule has 0 aliphatic heterocycles. The van der Waals surface area contributed by atoms with Crippen molar-refractivity contribution in [1.29, 1.82) is 0 Å². The molecule has 0 atom stereocenters. The van der Waals surface area contributed by atoms with Crippen LogP contribution in [0.5, 0.6) is 0 Å². The van der Waals surface area contributed by atoms with E-state index >= 15 is 0 Å². The molecule has 0 aliphatic rings. The Morgan fingerprint density at radius 3 is 2.17 bits per heavy atom. The summed E-state index contributed by atoms with van der Waals surface area (Å²) in [6, 6.07) is 7.71. The zero-order chi connectivity index (χ0) is 8.48. The van der Waals surface area contributed by atoms with Gasteiger partial charge in [-0.3, -0.25) is 4.39 Å². The van der Waals surface area contributed by atoms with Crippen LogP contribution in [-0.2, 0) is 0 Å². The fourth-order valence-corrected chi connectivity index (χ4v) is 1.96. The molecule has 1 rings (SSSR count). The molecular formula is C9H12FLiSi. The summed E-state index contributed by atoms with van der Waals surface area (Å²) in [7, 11) is -1.28. The first-order valence-electron chi connectivity index (χ1n) is 3.68. The Balaban J connectivity index is 0.00000121. The van der Waals surface area contributed by atoms with Crippen molar-refractivity contribution in [3.05, 3.63) is 30.1 Å². The molecule has 0 saturated heterocycles. The molecule has 0 nitrogen and oxygen atoms in total. The second kappa shape index (κ2) is 4.27. The zero-order valence-electron chi connectivity index (χ0n) is 8.11. The summed E-state index contributed by atoms with van der Waals surface area (Å²) in [6.07, 6.45) is 0. The molecule has 0 spiro atoms. The normalized spacial score (nSPS) is 10.7. The van der Waals surface area contributed by atoms with Crippen LogP contribution in [0.2, 0.25) is 19.6 Å². The first-order chi connectivity index (χ1) is 5.00. The number of benzene rings is 1. The van der Waals surface area contributed by atoms with Crippen molar-refractivity contribution in [3.63, 3.8) is 0 Å². The van der Waals surface area contributed by atoms with E-state index in [2.05, 4.69) is 25.7 Å². The molecule has 0 aromatic heterocycles. The minimum Gasteiger partial charge on any atom is -0.284 e. The van der Waals surface area contributed by atoms with Gasteiger partial charge in [-0.2, -0.15) is 17.3 Å². The molecule has 12 heavy (non-hydrogen) atoms. The van der Waals surface area contributed by atoms with Gasteiger partial charge in [0.05, 0.1) is 8.07 Å². The first-order valence-corrected chi connectivity index (χ1v) is 7.18. The van der Waals surface area contributed by atoms with Crippen LogP contribution >= 0.6 is 0 Å². The smallest absolute Gasteiger partial charge is 0.284 e. The quantitative estimate of drug-likeness (QED) is 0.385. The molecule has 0 unspecified atom stereocenters. The van der Waals surface area contributed by atoms with Gasteiger partial charge in [0.15, 0.2) is 0 Å². The first kappa shape index (κ1) is 12.0. The second-order valence-corrected chi connectivity index (χ2v) is 8.71. The van der Waals surface area contributed by atoms with E-state index in [9.17, 15) is 4.39 Å². The van der Waals surface area contributed by atoms with Gasteiger partial charge in [-0.05, 0) is 0 Å². The van der Waals surface area contributed by atoms with E-state index < -0.39 is 8.07 Å². The summed E-state index contributed by atoms with van der Waals surface area (Å²) >= 11 is 0. The SMILES string of the molecule is C[Si](C)(C)c1[c-]cc(F)cc1.[Li+]. The van der Waals surface area contributed by atoms with Crippen molar-refractivity contribution in [2.24, 2.45) is 0 Å². The van der Waals surface area contributed by atoms with Crippen molar-refractivity contribution in [1.82, 2.24) is 0 Å². The molecule has 0 amide bonds. The standard InChI is InChI=1S/C9H12FSi.Li/c1-11(2,3)9-6-4-8(10)5-7-9;/h4-6H,1-3H3;/q-1;+1. The van der Waals surface area contributed by atoms with E-state index in [4.69, 9.17) is 0 Å². The van der Waals surface area contributed by atoms with Crippen molar-refractivity contribution < 1.29 is 23.3 Å². The van der Waals surface area contributed by atoms with Gasteiger partial charge in [0.2, 0.25) is 0 Å². The average Bonchev–Trinajstić information content (AvgIpc) is 1.86. The average molecular weight is 174 g/mol. The molecule has 1 aromatic rings. The Hall–Kier alpha value is -0.0357. The molecule has 0 radical (unpaired) electrons. The van der Waals surface area contributed by atoms with Crippen LogP contribution in [0, 0.1) is 11.9 Å². The van der Waals surface area contributed by atoms with Crippen LogP contribution in [0.3, 0.4) is 0 Å². The van der Waals surface area contributed by atoms with Gasteiger partial charge < -0.3 is 0 Å². The monoisotopic (exact) mass is 174 g/mol. The van der Waals surface area contributed by atoms with E-state index in [1.165, 1.54) is 17.3 Å². The fraction of sp³-hybridized carbons (Fsp3) is 0.333. The molecular weight excluding hydrogens is 162 g/mol. The van der Waals surface area contributed by atoms with Gasteiger partial charge in [-0.25, -0.2) is 0 Å². The van der Waals surface area contributed by atoms with Crippen LogP contribution in [0.4, 0.5) is 4.39 Å². The maximum Gasteiger partial charge on any atom is 1.00 e. The summed E-state index contributed by atoms with van der Waals surface area (Å²) in [4.78, 5) is 0. The molecule has 0 saturated carbocycles. The van der Waals surface area contributed by atoms with Crippen LogP contribution in [-0.4, -0.2) is 8.07 Å². The minimum absolute atomic E-state index is 0. The number of rotatable bonds is 1. The topological polar surface area (TPSA) is 0 Å². The van der Waals surface area contributed by atoms with Gasteiger partial charge in [0.1, 0.15) is 0 Å². The Bertz CT molecular complexity index is 238. The Labute approximate surface area is 86.4 Å². The van der Waals surface area contributed by atoms with Crippen LogP contribution in [0.1, 0.15) is 0 Å². The molecule has 0 N–H and O–H groups in total. The molecule has 0 aliphatic carbocycles. The predicted octanol–water partition coefficient (Wildman–Crippen LogP) is -0.825. The van der Waals surface area contributed by atoms with Crippen molar-refractivity contribution in [2.45, 2.75) is 19.6 Å². The van der Waals surface area contributed by atoms with Gasteiger partial charge in [0.25, 0.3) is 0 Å². The Morgan fingerprint density at radius 2 is 1.83 bits per heavy atom. The molecule has 0 bridgehead atoms. The molecule has 1 aromatic carbocycles. The summed E-state index contributed by atoms with van der Waals surface area (Å²) in [5.74, 6) is -0.202. The van der Waals surface area contributed by atoms with Crippen LogP contribution in [0.15, 0.2) is 18.2 Å². The second-order valence-electron chi connectivity index (χ2n) is 3.67. The maximum absolute atomic E-state index is 12.5. The molecule has 0 fully saturated rings. The summed E-state index contributed by atoms with van der Waals surface area (Å²) < 4.78 is 12.5. The molecule has 0 heterocycles. The number of halogens is 1. The van der Waals surface area contributed by atoms with Crippen LogP contribution < -0.4 is 24.0 Å². The van der Waals surface area contributed by atoms with E-state index in [1.807, 2.05) is 6.07 Å². The van der Waals surface area contributed by atoms with E-state index in [1.54, 1.807) is 0 Å². The predicted molar refractivity (Wildman–Crippen MR) is 48.2 cm³/mol. The Morgan fingerprint density at radius 1 is 1.25 bits per heavy atom. The third-order valence-corrected chi connectivity index (χ3v) is 3.51. The van der Waals surface area contributed by atoms with Gasteiger partial charge in [-0.15, -0.1) is 12.1 Å². The summed E-state index contributed by atoms with van der Waals surface area (Å²) in [5.41, 5.74) is 0. The van der Waals surface area contributed by atoms with Crippen molar-refractivity contribution in [3.8, 4) is 0 Å². The minimum atomic E-state index is -1.28. The van der Waals surface area contributed by atoms with Crippen molar-refractivity contribution in [2.75, 3.05) is 0 Å². The largest absolute Gasteiger partial charge is 1.00 e. The molecule has 3 heteroatoms. The number of hydrogen-bond donors (Lipinski definition) is 0. The zero-order valence-corrected chi connectivity index (χ0v) is 9.11. The number of hydrogen-bond acceptors (Lipinski definition) is 0. The summed E-state index contributed by atoms with van der Waals surface area (Å²) in [5, 5.41) is 1.18. The van der Waals surface area contributed by atoms with E-state index in [0.29, 0.717) is 0 Å². The third-order valence-electron chi connectivity index (χ3n) is 1.58. The van der Waals surface area contributed by atoms with E-state index in [0.717, 1.165) is 0 Å². The molecule has 60 valence electrons. The maximum atomic E-state index is 12.5. The summed E-state index contributed by atoms with van der Waals surface area (Å²) in [6.45, 7) is 6.66. The van der Waals surface area contributed by atoms with Gasteiger partial charge in [-0.1, -0.05) is 19.6 Å². The van der Waals surface area contributed by atoms with Gasteiger partial charge in [0, 0.05) is 5.82 Å². The third kappa shape index (κ3) is 3.14.